The quantitative estimate of drug-likeness (QED) is 0.703. The van der Waals surface area contributed by atoms with E-state index in [1.807, 2.05) is 36.4 Å². The molecule has 0 spiro atoms. The summed E-state index contributed by atoms with van der Waals surface area (Å²) in [6.07, 6.45) is 2.60. The largest absolute Gasteiger partial charge is 0.493 e. The number of pyridine rings is 1. The summed E-state index contributed by atoms with van der Waals surface area (Å²) in [7, 11) is 0. The van der Waals surface area contributed by atoms with E-state index in [2.05, 4.69) is 17.1 Å². The van der Waals surface area contributed by atoms with Crippen LogP contribution in [0.15, 0.2) is 60.8 Å². The zero-order valence-electron chi connectivity index (χ0n) is 10.9. The highest BCUT2D eigenvalue weighted by Gasteiger charge is 2.02. The Morgan fingerprint density at radius 3 is 2.70 bits per heavy atom. The Hall–Kier alpha value is -2.06. The molecule has 0 aliphatic carbocycles. The molecule has 0 unspecified atom stereocenters. The highest BCUT2D eigenvalue weighted by atomic mass is 35.5. The van der Waals surface area contributed by atoms with Crippen LogP contribution in [0.5, 0.6) is 5.75 Å². The van der Waals surface area contributed by atoms with Gasteiger partial charge in [0.05, 0.1) is 17.1 Å². The normalized spacial score (nSPS) is 10.7. The predicted octanol–water partition coefficient (Wildman–Crippen LogP) is 4.51. The zero-order valence-corrected chi connectivity index (χ0v) is 11.7. The van der Waals surface area contributed by atoms with Gasteiger partial charge in [-0.2, -0.15) is 0 Å². The second-order valence-electron chi connectivity index (χ2n) is 4.56. The van der Waals surface area contributed by atoms with Crippen LogP contribution in [0.3, 0.4) is 0 Å². The maximum Gasteiger partial charge on any atom is 0.121 e. The molecule has 0 bridgehead atoms. The summed E-state index contributed by atoms with van der Waals surface area (Å²) in [5.74, 6) is 0.822. The molecule has 100 valence electrons. The summed E-state index contributed by atoms with van der Waals surface area (Å²) < 4.78 is 5.77. The van der Waals surface area contributed by atoms with Crippen molar-refractivity contribution in [2.45, 2.75) is 6.42 Å². The van der Waals surface area contributed by atoms with Gasteiger partial charge in [-0.15, -0.1) is 0 Å². The van der Waals surface area contributed by atoms with Gasteiger partial charge in [0.1, 0.15) is 5.75 Å². The first-order valence-corrected chi connectivity index (χ1v) is 6.92. The van der Waals surface area contributed by atoms with Crippen molar-refractivity contribution in [1.82, 2.24) is 4.98 Å². The van der Waals surface area contributed by atoms with Gasteiger partial charge in [0.15, 0.2) is 0 Å². The van der Waals surface area contributed by atoms with Crippen LogP contribution in [0, 0.1) is 0 Å². The van der Waals surface area contributed by atoms with Gasteiger partial charge in [0.2, 0.25) is 0 Å². The van der Waals surface area contributed by atoms with Crippen LogP contribution in [-0.4, -0.2) is 11.6 Å². The molecule has 0 aliphatic rings. The van der Waals surface area contributed by atoms with Crippen LogP contribution in [0.25, 0.3) is 10.9 Å². The second-order valence-corrected chi connectivity index (χ2v) is 4.96. The minimum absolute atomic E-state index is 0.649. The Morgan fingerprint density at radius 2 is 1.85 bits per heavy atom. The van der Waals surface area contributed by atoms with Crippen LogP contribution >= 0.6 is 11.6 Å². The van der Waals surface area contributed by atoms with Crippen LogP contribution in [0.2, 0.25) is 5.02 Å². The summed E-state index contributed by atoms with van der Waals surface area (Å²) in [6.45, 7) is 0.649. The summed E-state index contributed by atoms with van der Waals surface area (Å²) in [5.41, 5.74) is 2.13. The second kappa shape index (κ2) is 5.93. The van der Waals surface area contributed by atoms with E-state index in [9.17, 15) is 0 Å². The molecule has 3 heteroatoms. The molecule has 0 saturated heterocycles. The summed E-state index contributed by atoms with van der Waals surface area (Å²) in [6, 6.07) is 17.9. The lowest BCUT2D eigenvalue weighted by molar-refractivity contribution is 0.322. The Bertz CT molecular complexity index is 713. The van der Waals surface area contributed by atoms with Crippen molar-refractivity contribution in [3.8, 4) is 5.75 Å². The van der Waals surface area contributed by atoms with E-state index in [-0.39, 0.29) is 0 Å². The number of hydrogen-bond donors (Lipinski definition) is 0. The van der Waals surface area contributed by atoms with Crippen LogP contribution < -0.4 is 4.74 Å². The predicted molar refractivity (Wildman–Crippen MR) is 82.4 cm³/mol. The smallest absolute Gasteiger partial charge is 0.121 e. The van der Waals surface area contributed by atoms with Gasteiger partial charge in [0, 0.05) is 24.1 Å². The molecular weight excluding hydrogens is 270 g/mol. The molecule has 2 aromatic carbocycles. The average Bonchev–Trinajstić information content (AvgIpc) is 2.48. The molecule has 0 radical (unpaired) electrons. The summed E-state index contributed by atoms with van der Waals surface area (Å²) in [5, 5.41) is 1.66. The number of rotatable bonds is 4. The van der Waals surface area contributed by atoms with Crippen molar-refractivity contribution >= 4 is 22.5 Å². The number of benzene rings is 2. The number of ether oxygens (including phenoxy) is 1. The molecule has 20 heavy (non-hydrogen) atoms. The van der Waals surface area contributed by atoms with Gasteiger partial charge in [-0.25, -0.2) is 0 Å². The fourth-order valence-electron chi connectivity index (χ4n) is 2.11. The first-order valence-electron chi connectivity index (χ1n) is 6.54. The van der Waals surface area contributed by atoms with Gasteiger partial charge >= 0.3 is 0 Å². The molecule has 0 amide bonds. The topological polar surface area (TPSA) is 22.1 Å². The van der Waals surface area contributed by atoms with Gasteiger partial charge < -0.3 is 4.74 Å². The molecule has 0 N–H and O–H groups in total. The van der Waals surface area contributed by atoms with E-state index in [0.717, 1.165) is 23.1 Å². The average molecular weight is 284 g/mol. The van der Waals surface area contributed by atoms with Crippen LogP contribution in [0.4, 0.5) is 0 Å². The van der Waals surface area contributed by atoms with Crippen molar-refractivity contribution < 1.29 is 4.74 Å². The number of nitrogens with zero attached hydrogens (tertiary/aromatic N) is 1. The molecule has 2 nitrogen and oxygen atoms in total. The van der Waals surface area contributed by atoms with Crippen LogP contribution in [0.1, 0.15) is 5.56 Å². The molecule has 0 atom stereocenters. The van der Waals surface area contributed by atoms with Crippen molar-refractivity contribution in [1.29, 1.82) is 0 Å². The monoisotopic (exact) mass is 283 g/mol. The Labute approximate surface area is 123 Å². The Morgan fingerprint density at radius 1 is 1.00 bits per heavy atom. The van der Waals surface area contributed by atoms with Crippen molar-refractivity contribution in [3.63, 3.8) is 0 Å². The molecule has 3 rings (SSSR count). The molecule has 0 fully saturated rings. The molecular formula is C17H14ClNO. The van der Waals surface area contributed by atoms with Gasteiger partial charge in [-0.3, -0.25) is 4.98 Å². The van der Waals surface area contributed by atoms with E-state index in [1.165, 1.54) is 5.56 Å². The third-order valence-electron chi connectivity index (χ3n) is 3.16. The lowest BCUT2D eigenvalue weighted by Gasteiger charge is -2.07. The number of fused-ring (bicyclic) bond motifs is 1. The summed E-state index contributed by atoms with van der Waals surface area (Å²) in [4.78, 5) is 4.30. The first kappa shape index (κ1) is 12.9. The van der Waals surface area contributed by atoms with E-state index in [0.29, 0.717) is 11.6 Å². The van der Waals surface area contributed by atoms with Crippen LogP contribution in [-0.2, 0) is 6.42 Å². The SMILES string of the molecule is Clc1ccnc2cc(OCCc3ccccc3)ccc12. The molecule has 3 aromatic rings. The molecule has 0 aliphatic heterocycles. The number of aromatic nitrogens is 1. The Balaban J connectivity index is 1.69. The number of hydrogen-bond acceptors (Lipinski definition) is 2. The van der Waals surface area contributed by atoms with Gasteiger partial charge in [-0.05, 0) is 23.8 Å². The summed E-state index contributed by atoms with van der Waals surface area (Å²) >= 11 is 6.11. The minimum atomic E-state index is 0.649. The van der Waals surface area contributed by atoms with E-state index < -0.39 is 0 Å². The van der Waals surface area contributed by atoms with Gasteiger partial charge in [-0.1, -0.05) is 41.9 Å². The van der Waals surface area contributed by atoms with Crippen molar-refractivity contribution in [3.05, 3.63) is 71.4 Å². The maximum atomic E-state index is 6.11. The highest BCUT2D eigenvalue weighted by Crippen LogP contribution is 2.25. The fourth-order valence-corrected chi connectivity index (χ4v) is 2.33. The van der Waals surface area contributed by atoms with Gasteiger partial charge in [0.25, 0.3) is 0 Å². The van der Waals surface area contributed by atoms with E-state index >= 15 is 0 Å². The molecule has 1 heterocycles. The maximum absolute atomic E-state index is 6.11. The minimum Gasteiger partial charge on any atom is -0.493 e. The fraction of sp³-hybridized carbons (Fsp3) is 0.118. The lowest BCUT2D eigenvalue weighted by Crippen LogP contribution is -2.01. The Kier molecular flexibility index (Phi) is 3.84. The standard InChI is InChI=1S/C17H14ClNO/c18-16-8-10-19-17-12-14(6-7-15(16)17)20-11-9-13-4-2-1-3-5-13/h1-8,10,12H,9,11H2. The third-order valence-corrected chi connectivity index (χ3v) is 3.49. The molecule has 0 saturated carbocycles. The van der Waals surface area contributed by atoms with E-state index in [4.69, 9.17) is 16.3 Å². The van der Waals surface area contributed by atoms with Crippen molar-refractivity contribution in [2.75, 3.05) is 6.61 Å². The van der Waals surface area contributed by atoms with Crippen molar-refractivity contribution in [2.24, 2.45) is 0 Å². The third kappa shape index (κ3) is 2.91. The first-order chi connectivity index (χ1) is 9.83. The zero-order chi connectivity index (χ0) is 13.8. The highest BCUT2D eigenvalue weighted by molar-refractivity contribution is 6.35. The van der Waals surface area contributed by atoms with E-state index in [1.54, 1.807) is 12.3 Å². The molecule has 1 aromatic heterocycles. The number of halogens is 1. The lowest BCUT2D eigenvalue weighted by atomic mass is 10.2.